The van der Waals surface area contributed by atoms with Crippen LogP contribution in [0.3, 0.4) is 0 Å². The van der Waals surface area contributed by atoms with Crippen molar-refractivity contribution >= 4 is 41.4 Å². The third-order valence-corrected chi connectivity index (χ3v) is 5.91. The first kappa shape index (κ1) is 18.3. The molecule has 2 N–H and O–H groups in total. The number of nitrogens with zero attached hydrogens (tertiary/aromatic N) is 2. The molecule has 1 aromatic heterocycles. The van der Waals surface area contributed by atoms with E-state index >= 15 is 0 Å². The van der Waals surface area contributed by atoms with Crippen LogP contribution in [0.1, 0.15) is 34.0 Å². The third kappa shape index (κ3) is 3.88. The van der Waals surface area contributed by atoms with Crippen LogP contribution in [0.25, 0.3) is 0 Å². The molecule has 7 heteroatoms. The highest BCUT2D eigenvalue weighted by molar-refractivity contribution is 8.00. The first-order valence-corrected chi connectivity index (χ1v) is 9.25. The van der Waals surface area contributed by atoms with E-state index in [0.717, 1.165) is 17.3 Å². The van der Waals surface area contributed by atoms with E-state index in [1.165, 1.54) is 16.9 Å². The largest absolute Gasteiger partial charge is 0.328 e. The van der Waals surface area contributed by atoms with Gasteiger partial charge in [0.2, 0.25) is 0 Å². The van der Waals surface area contributed by atoms with Gasteiger partial charge in [-0.15, -0.1) is 23.7 Å². The molecule has 0 bridgehead atoms. The lowest BCUT2D eigenvalue weighted by Gasteiger charge is -2.39. The summed E-state index contributed by atoms with van der Waals surface area (Å²) in [7, 11) is 0. The van der Waals surface area contributed by atoms with Crippen LogP contribution in [-0.2, 0) is 6.54 Å². The zero-order chi connectivity index (χ0) is 15.5. The zero-order valence-electron chi connectivity index (χ0n) is 12.8. The molecule has 23 heavy (non-hydrogen) atoms. The fourth-order valence-corrected chi connectivity index (χ4v) is 4.61. The van der Waals surface area contributed by atoms with Gasteiger partial charge < -0.3 is 10.6 Å². The molecule has 4 nitrogen and oxygen atoms in total. The molecule has 1 saturated heterocycles. The van der Waals surface area contributed by atoms with Crippen molar-refractivity contribution in [2.75, 3.05) is 12.3 Å². The lowest BCUT2D eigenvalue weighted by molar-refractivity contribution is 0.0675. The van der Waals surface area contributed by atoms with Crippen LogP contribution in [0, 0.1) is 0 Å². The van der Waals surface area contributed by atoms with Gasteiger partial charge in [0.25, 0.3) is 5.91 Å². The van der Waals surface area contributed by atoms with E-state index in [1.54, 1.807) is 0 Å². The Balaban J connectivity index is 0.00000192. The third-order valence-electron chi connectivity index (χ3n) is 3.84. The summed E-state index contributed by atoms with van der Waals surface area (Å²) in [5, 5.41) is 2.99. The Morgan fingerprint density at radius 1 is 1.39 bits per heavy atom. The maximum absolute atomic E-state index is 12.9. The van der Waals surface area contributed by atoms with Crippen molar-refractivity contribution in [3.8, 4) is 0 Å². The maximum Gasteiger partial charge on any atom is 0.273 e. The van der Waals surface area contributed by atoms with E-state index in [1.807, 2.05) is 40.2 Å². The van der Waals surface area contributed by atoms with Crippen molar-refractivity contribution in [2.24, 2.45) is 5.73 Å². The van der Waals surface area contributed by atoms with E-state index in [9.17, 15) is 4.79 Å². The van der Waals surface area contributed by atoms with Crippen LogP contribution in [0.4, 0.5) is 0 Å². The number of hydrogen-bond acceptors (Lipinski definition) is 5. The molecule has 1 amide bonds. The number of hydrogen-bond donors (Lipinski definition) is 1. The Labute approximate surface area is 150 Å². The summed E-state index contributed by atoms with van der Waals surface area (Å²) in [6, 6.07) is 10.3. The van der Waals surface area contributed by atoms with Gasteiger partial charge in [-0.2, -0.15) is 11.8 Å². The van der Waals surface area contributed by atoms with Gasteiger partial charge in [0.1, 0.15) is 10.7 Å². The Bertz CT molecular complexity index is 650. The number of carbonyl (C=O) groups excluding carboxylic acids is 1. The summed E-state index contributed by atoms with van der Waals surface area (Å²) in [5.41, 5.74) is 7.31. The van der Waals surface area contributed by atoms with Crippen LogP contribution in [0.5, 0.6) is 0 Å². The Kier molecular flexibility index (Phi) is 6.47. The molecular weight excluding hydrogens is 350 g/mol. The molecule has 1 aliphatic rings. The van der Waals surface area contributed by atoms with Crippen LogP contribution in [-0.4, -0.2) is 33.3 Å². The molecule has 1 aromatic carbocycles. The Morgan fingerprint density at radius 3 is 2.78 bits per heavy atom. The van der Waals surface area contributed by atoms with Crippen LogP contribution >= 0.6 is 35.5 Å². The van der Waals surface area contributed by atoms with Gasteiger partial charge in [-0.05, 0) is 5.56 Å². The van der Waals surface area contributed by atoms with Crippen molar-refractivity contribution in [1.29, 1.82) is 0 Å². The van der Waals surface area contributed by atoms with Crippen LogP contribution in [0.2, 0.25) is 0 Å². The fourth-order valence-electron chi connectivity index (χ4n) is 2.80. The molecule has 2 atom stereocenters. The van der Waals surface area contributed by atoms with Crippen molar-refractivity contribution in [2.45, 2.75) is 24.8 Å². The summed E-state index contributed by atoms with van der Waals surface area (Å²) >= 11 is 3.37. The van der Waals surface area contributed by atoms with Gasteiger partial charge in [-0.3, -0.25) is 4.79 Å². The van der Waals surface area contributed by atoms with Gasteiger partial charge in [0, 0.05) is 29.5 Å². The van der Waals surface area contributed by atoms with E-state index in [4.69, 9.17) is 5.73 Å². The second-order valence-corrected chi connectivity index (χ2v) is 7.69. The molecule has 0 saturated carbocycles. The van der Waals surface area contributed by atoms with Gasteiger partial charge in [0.05, 0.1) is 6.04 Å². The smallest absolute Gasteiger partial charge is 0.273 e. The van der Waals surface area contributed by atoms with E-state index < -0.39 is 0 Å². The van der Waals surface area contributed by atoms with Crippen molar-refractivity contribution < 1.29 is 4.79 Å². The Morgan fingerprint density at radius 2 is 2.13 bits per heavy atom. The highest BCUT2D eigenvalue weighted by Gasteiger charge is 2.34. The Hall–Kier alpha value is -1.08. The van der Waals surface area contributed by atoms with Crippen molar-refractivity contribution in [3.63, 3.8) is 0 Å². The molecule has 0 radical (unpaired) electrons. The van der Waals surface area contributed by atoms with Crippen LogP contribution in [0.15, 0.2) is 35.7 Å². The number of thiazole rings is 1. The maximum atomic E-state index is 12.9. The molecule has 2 aromatic rings. The lowest BCUT2D eigenvalue weighted by Crippen LogP contribution is -2.44. The number of amides is 1. The molecule has 1 aliphatic heterocycles. The molecular formula is C16H20ClN3OS2. The number of thioether (sulfide) groups is 1. The molecule has 2 heterocycles. The molecule has 3 rings (SSSR count). The standard InChI is InChI=1S/C16H19N3OS2.ClH/c1-11-15(12-5-3-2-4-6-12)19(7-8-21-11)16(20)13-10-22-14(9-17)18-13;/h2-6,10-11,15H,7-9,17H2,1H3;1H. The minimum Gasteiger partial charge on any atom is -0.328 e. The topological polar surface area (TPSA) is 59.2 Å². The van der Waals surface area contributed by atoms with Gasteiger partial charge in [-0.1, -0.05) is 37.3 Å². The number of aromatic nitrogens is 1. The minimum absolute atomic E-state index is 0. The predicted octanol–water partition coefficient (Wildman–Crippen LogP) is 3.34. The first-order chi connectivity index (χ1) is 10.7. The summed E-state index contributed by atoms with van der Waals surface area (Å²) in [6.45, 7) is 3.32. The average molecular weight is 370 g/mol. The second-order valence-electron chi connectivity index (χ2n) is 5.26. The van der Waals surface area contributed by atoms with E-state index in [0.29, 0.717) is 17.5 Å². The SMILES string of the molecule is CC1SCCN(C(=O)c2csc(CN)n2)C1c1ccccc1.Cl. The average Bonchev–Trinajstić information content (AvgIpc) is 3.04. The van der Waals surface area contributed by atoms with Gasteiger partial charge >= 0.3 is 0 Å². The van der Waals surface area contributed by atoms with Gasteiger partial charge in [0.15, 0.2) is 0 Å². The minimum atomic E-state index is 0. The zero-order valence-corrected chi connectivity index (χ0v) is 15.3. The monoisotopic (exact) mass is 369 g/mol. The van der Waals surface area contributed by atoms with Crippen molar-refractivity contribution in [3.05, 3.63) is 52.0 Å². The number of rotatable bonds is 3. The molecule has 124 valence electrons. The molecule has 1 fully saturated rings. The number of halogens is 1. The summed E-state index contributed by atoms with van der Waals surface area (Å²) < 4.78 is 0. The van der Waals surface area contributed by atoms with E-state index in [-0.39, 0.29) is 24.4 Å². The predicted molar refractivity (Wildman–Crippen MR) is 99.4 cm³/mol. The molecule has 0 aliphatic carbocycles. The number of nitrogens with two attached hydrogens (primary N) is 1. The van der Waals surface area contributed by atoms with E-state index in [2.05, 4.69) is 24.0 Å². The summed E-state index contributed by atoms with van der Waals surface area (Å²) in [5.74, 6) is 0.973. The summed E-state index contributed by atoms with van der Waals surface area (Å²) in [4.78, 5) is 19.2. The summed E-state index contributed by atoms with van der Waals surface area (Å²) in [6.07, 6.45) is 0. The van der Waals surface area contributed by atoms with Crippen LogP contribution < -0.4 is 5.73 Å². The molecule has 0 spiro atoms. The fraction of sp³-hybridized carbons (Fsp3) is 0.375. The first-order valence-electron chi connectivity index (χ1n) is 7.32. The highest BCUT2D eigenvalue weighted by atomic mass is 35.5. The second kappa shape index (κ2) is 8.15. The lowest BCUT2D eigenvalue weighted by atomic mass is 10.0. The molecule has 2 unspecified atom stereocenters. The normalized spacial score (nSPS) is 20.9. The highest BCUT2D eigenvalue weighted by Crippen LogP contribution is 2.36. The quantitative estimate of drug-likeness (QED) is 0.901. The van der Waals surface area contributed by atoms with Gasteiger partial charge in [-0.25, -0.2) is 4.98 Å². The number of carbonyl (C=O) groups is 1. The van der Waals surface area contributed by atoms with Crippen molar-refractivity contribution in [1.82, 2.24) is 9.88 Å². The number of benzene rings is 1.